The molecular weight excluding hydrogens is 384 g/mol. The molecule has 1 aliphatic heterocycles. The lowest BCUT2D eigenvalue weighted by Crippen LogP contribution is -2.41. The zero-order valence-electron chi connectivity index (χ0n) is 16.3. The molecule has 0 saturated carbocycles. The highest BCUT2D eigenvalue weighted by molar-refractivity contribution is 6.30. The number of rotatable bonds is 6. The number of carbonyl (C=O) groups is 1. The van der Waals surface area contributed by atoms with Gasteiger partial charge in [-0.1, -0.05) is 54.1 Å². The molecule has 2 aromatic carbocycles. The molecule has 0 spiro atoms. The van der Waals surface area contributed by atoms with Gasteiger partial charge in [0, 0.05) is 17.5 Å². The minimum Gasteiger partial charge on any atom is -0.467 e. The van der Waals surface area contributed by atoms with Gasteiger partial charge in [0.1, 0.15) is 11.8 Å². The standard InChI is InChI=1S/C24H25ClN2O2/c25-21-10-8-18(9-11-21)17-27-14-12-20(13-15-27)24(28)26-23(22-7-4-16-29-22)19-5-2-1-3-6-19/h1-11,16,20,23H,12-15,17H2,(H,26,28). The van der Waals surface area contributed by atoms with E-state index < -0.39 is 0 Å². The SMILES string of the molecule is O=C(NC(c1ccccc1)c1ccco1)C1CCN(Cc2ccc(Cl)cc2)CC1. The largest absolute Gasteiger partial charge is 0.467 e. The summed E-state index contributed by atoms with van der Waals surface area (Å²) in [6.07, 6.45) is 3.37. The van der Waals surface area contributed by atoms with E-state index in [2.05, 4.69) is 22.3 Å². The Bertz CT molecular complexity index is 902. The molecule has 3 aromatic rings. The average Bonchev–Trinajstić information content (AvgIpc) is 3.29. The molecule has 150 valence electrons. The van der Waals surface area contributed by atoms with Crippen LogP contribution < -0.4 is 5.32 Å². The molecule has 1 saturated heterocycles. The van der Waals surface area contributed by atoms with Crippen molar-refractivity contribution in [3.63, 3.8) is 0 Å². The molecule has 1 N–H and O–H groups in total. The van der Waals surface area contributed by atoms with E-state index in [0.29, 0.717) is 0 Å². The number of likely N-dealkylation sites (tertiary alicyclic amines) is 1. The van der Waals surface area contributed by atoms with Crippen molar-refractivity contribution >= 4 is 17.5 Å². The van der Waals surface area contributed by atoms with Gasteiger partial charge in [-0.3, -0.25) is 9.69 Å². The Hall–Kier alpha value is -2.56. The molecular formula is C24H25ClN2O2. The van der Waals surface area contributed by atoms with E-state index in [9.17, 15) is 4.79 Å². The van der Waals surface area contributed by atoms with Crippen LogP contribution in [0.25, 0.3) is 0 Å². The van der Waals surface area contributed by atoms with Crippen LogP contribution in [0.4, 0.5) is 0 Å². The van der Waals surface area contributed by atoms with Gasteiger partial charge in [0.05, 0.1) is 6.26 Å². The van der Waals surface area contributed by atoms with E-state index >= 15 is 0 Å². The summed E-state index contributed by atoms with van der Waals surface area (Å²) in [6.45, 7) is 2.72. The molecule has 1 amide bonds. The Morgan fingerprint density at radius 3 is 2.41 bits per heavy atom. The van der Waals surface area contributed by atoms with E-state index in [4.69, 9.17) is 16.0 Å². The number of piperidine rings is 1. The molecule has 0 bridgehead atoms. The van der Waals surface area contributed by atoms with Gasteiger partial charge >= 0.3 is 0 Å². The van der Waals surface area contributed by atoms with Crippen LogP contribution >= 0.6 is 11.6 Å². The minimum atomic E-state index is -0.259. The summed E-state index contributed by atoms with van der Waals surface area (Å²) in [5, 5.41) is 3.97. The highest BCUT2D eigenvalue weighted by Gasteiger charge is 2.28. The van der Waals surface area contributed by atoms with E-state index in [1.807, 2.05) is 54.6 Å². The minimum absolute atomic E-state index is 0.0256. The molecule has 0 radical (unpaired) electrons. The number of nitrogens with zero attached hydrogens (tertiary/aromatic N) is 1. The normalized spacial score (nSPS) is 16.4. The summed E-state index contributed by atoms with van der Waals surface area (Å²) < 4.78 is 5.60. The van der Waals surface area contributed by atoms with Crippen LogP contribution in [0.15, 0.2) is 77.4 Å². The van der Waals surface area contributed by atoms with E-state index in [0.717, 1.165) is 48.8 Å². The summed E-state index contributed by atoms with van der Waals surface area (Å²) >= 11 is 5.97. The second kappa shape index (κ2) is 9.29. The molecule has 4 rings (SSSR count). The smallest absolute Gasteiger partial charge is 0.224 e. The van der Waals surface area contributed by atoms with E-state index in [1.165, 1.54) is 5.56 Å². The first kappa shape index (κ1) is 19.7. The second-order valence-corrected chi connectivity index (χ2v) is 7.98. The van der Waals surface area contributed by atoms with Crippen LogP contribution in [0.1, 0.15) is 35.8 Å². The van der Waals surface area contributed by atoms with Gasteiger partial charge in [0.15, 0.2) is 0 Å². The first-order valence-electron chi connectivity index (χ1n) is 10.0. The Kier molecular flexibility index (Phi) is 6.33. The number of benzene rings is 2. The van der Waals surface area contributed by atoms with Crippen molar-refractivity contribution in [2.75, 3.05) is 13.1 Å². The Balaban J connectivity index is 1.35. The van der Waals surface area contributed by atoms with E-state index in [-0.39, 0.29) is 17.9 Å². The van der Waals surface area contributed by atoms with Crippen LogP contribution in [0.5, 0.6) is 0 Å². The average molecular weight is 409 g/mol. The van der Waals surface area contributed by atoms with Crippen LogP contribution in [-0.2, 0) is 11.3 Å². The lowest BCUT2D eigenvalue weighted by Gasteiger charge is -2.32. The maximum atomic E-state index is 13.0. The highest BCUT2D eigenvalue weighted by Crippen LogP contribution is 2.25. The topological polar surface area (TPSA) is 45.5 Å². The van der Waals surface area contributed by atoms with Crippen LogP contribution in [0, 0.1) is 5.92 Å². The fourth-order valence-electron chi connectivity index (χ4n) is 3.88. The van der Waals surface area contributed by atoms with Crippen LogP contribution in [-0.4, -0.2) is 23.9 Å². The molecule has 1 atom stereocenters. The van der Waals surface area contributed by atoms with Gasteiger partial charge < -0.3 is 9.73 Å². The number of furan rings is 1. The van der Waals surface area contributed by atoms with Crippen molar-refractivity contribution in [3.8, 4) is 0 Å². The first-order chi connectivity index (χ1) is 14.2. The van der Waals surface area contributed by atoms with Gasteiger partial charge in [0.2, 0.25) is 5.91 Å². The summed E-state index contributed by atoms with van der Waals surface area (Å²) in [5.41, 5.74) is 2.27. The van der Waals surface area contributed by atoms with Crippen molar-refractivity contribution in [1.82, 2.24) is 10.2 Å². The number of carbonyl (C=O) groups excluding carboxylic acids is 1. The third kappa shape index (κ3) is 5.08. The van der Waals surface area contributed by atoms with Crippen molar-refractivity contribution < 1.29 is 9.21 Å². The third-order valence-electron chi connectivity index (χ3n) is 5.53. The molecule has 1 aliphatic rings. The van der Waals surface area contributed by atoms with Crippen LogP contribution in [0.2, 0.25) is 5.02 Å². The van der Waals surface area contributed by atoms with Gasteiger partial charge in [0.25, 0.3) is 0 Å². The quantitative estimate of drug-likeness (QED) is 0.620. The summed E-state index contributed by atoms with van der Waals surface area (Å²) in [5.74, 6) is 0.878. The number of halogens is 1. The lowest BCUT2D eigenvalue weighted by atomic mass is 9.94. The fourth-order valence-corrected chi connectivity index (χ4v) is 4.01. The highest BCUT2D eigenvalue weighted by atomic mass is 35.5. The fraction of sp³-hybridized carbons (Fsp3) is 0.292. The maximum Gasteiger partial charge on any atom is 0.224 e. The molecule has 2 heterocycles. The number of hydrogen-bond donors (Lipinski definition) is 1. The van der Waals surface area contributed by atoms with Gasteiger partial charge in [-0.05, 0) is 61.3 Å². The number of hydrogen-bond acceptors (Lipinski definition) is 3. The molecule has 1 fully saturated rings. The van der Waals surface area contributed by atoms with E-state index in [1.54, 1.807) is 6.26 Å². The zero-order chi connectivity index (χ0) is 20.1. The lowest BCUT2D eigenvalue weighted by molar-refractivity contribution is -0.127. The number of amides is 1. The second-order valence-electron chi connectivity index (χ2n) is 7.54. The maximum absolute atomic E-state index is 13.0. The summed E-state index contributed by atoms with van der Waals surface area (Å²) in [4.78, 5) is 15.4. The first-order valence-corrected chi connectivity index (χ1v) is 10.4. The summed E-state index contributed by atoms with van der Waals surface area (Å²) in [7, 11) is 0. The van der Waals surface area contributed by atoms with Crippen molar-refractivity contribution in [1.29, 1.82) is 0 Å². The monoisotopic (exact) mass is 408 g/mol. The molecule has 5 heteroatoms. The predicted octanol–water partition coefficient (Wildman–Crippen LogP) is 5.05. The molecule has 29 heavy (non-hydrogen) atoms. The molecule has 0 aliphatic carbocycles. The summed E-state index contributed by atoms with van der Waals surface area (Å²) in [6, 6.07) is 21.4. The third-order valence-corrected chi connectivity index (χ3v) is 5.78. The molecule has 4 nitrogen and oxygen atoms in total. The van der Waals surface area contributed by atoms with Crippen LogP contribution in [0.3, 0.4) is 0 Å². The van der Waals surface area contributed by atoms with Gasteiger partial charge in [-0.25, -0.2) is 0 Å². The Morgan fingerprint density at radius 1 is 1.03 bits per heavy atom. The molecule has 1 unspecified atom stereocenters. The van der Waals surface area contributed by atoms with Crippen molar-refractivity contribution in [2.45, 2.75) is 25.4 Å². The predicted molar refractivity (Wildman–Crippen MR) is 115 cm³/mol. The van der Waals surface area contributed by atoms with Crippen molar-refractivity contribution in [2.24, 2.45) is 5.92 Å². The Labute approximate surface area is 176 Å². The molecule has 1 aromatic heterocycles. The van der Waals surface area contributed by atoms with Gasteiger partial charge in [-0.15, -0.1) is 0 Å². The zero-order valence-corrected chi connectivity index (χ0v) is 17.0. The van der Waals surface area contributed by atoms with Crippen molar-refractivity contribution in [3.05, 3.63) is 94.9 Å². The Morgan fingerprint density at radius 2 is 1.76 bits per heavy atom. The van der Waals surface area contributed by atoms with Gasteiger partial charge in [-0.2, -0.15) is 0 Å². The number of nitrogens with one attached hydrogen (secondary N) is 1.